The Balaban J connectivity index is 2.14. The predicted octanol–water partition coefficient (Wildman–Crippen LogP) is -0.223. The largest absolute Gasteiger partial charge is 0.394 e. The number of aliphatic hydroxyl groups excluding tert-OH is 3. The molecular weight excluding hydrogens is 246 g/mol. The van der Waals surface area contributed by atoms with Gasteiger partial charge in [-0.25, -0.2) is 0 Å². The Kier molecular flexibility index (Phi) is 4.42. The molecule has 1 aliphatic rings. The quantitative estimate of drug-likeness (QED) is 0.703. The molecule has 0 aromatic heterocycles. The standard InChI is InChI=1S/C14H21NO4/c1-15(2)10-6-4-3-5-9(10)7-11-13(17)14(18)12(8-16)19-11/h3-6,11-14,16-18H,7-8H2,1-2H3/t11-,12+,13-,14+/m0/s1. The van der Waals surface area contributed by atoms with Gasteiger partial charge >= 0.3 is 0 Å². The zero-order valence-electron chi connectivity index (χ0n) is 11.2. The van der Waals surface area contributed by atoms with Crippen LogP contribution in [0.2, 0.25) is 0 Å². The minimum Gasteiger partial charge on any atom is -0.394 e. The van der Waals surface area contributed by atoms with Crippen LogP contribution in [0.4, 0.5) is 5.69 Å². The molecule has 0 amide bonds. The highest BCUT2D eigenvalue weighted by molar-refractivity contribution is 5.52. The van der Waals surface area contributed by atoms with E-state index in [9.17, 15) is 10.2 Å². The lowest BCUT2D eigenvalue weighted by Gasteiger charge is -2.20. The Morgan fingerprint density at radius 2 is 1.74 bits per heavy atom. The van der Waals surface area contributed by atoms with Crippen molar-refractivity contribution >= 4 is 5.69 Å². The van der Waals surface area contributed by atoms with E-state index in [4.69, 9.17) is 9.84 Å². The monoisotopic (exact) mass is 267 g/mol. The molecule has 5 heteroatoms. The van der Waals surface area contributed by atoms with E-state index in [1.54, 1.807) is 0 Å². The molecule has 0 aliphatic carbocycles. The molecule has 1 saturated heterocycles. The van der Waals surface area contributed by atoms with Crippen molar-refractivity contribution in [3.8, 4) is 0 Å². The first kappa shape index (κ1) is 14.3. The lowest BCUT2D eigenvalue weighted by molar-refractivity contribution is -0.0215. The van der Waals surface area contributed by atoms with Gasteiger partial charge in [0.1, 0.15) is 18.3 Å². The van der Waals surface area contributed by atoms with Crippen molar-refractivity contribution in [3.63, 3.8) is 0 Å². The normalized spacial score (nSPS) is 30.6. The fraction of sp³-hybridized carbons (Fsp3) is 0.571. The summed E-state index contributed by atoms with van der Waals surface area (Å²) in [6.07, 6.45) is -2.68. The molecule has 4 atom stereocenters. The van der Waals surface area contributed by atoms with Crippen LogP contribution in [0.15, 0.2) is 24.3 Å². The zero-order valence-corrected chi connectivity index (χ0v) is 11.2. The number of hydrogen-bond acceptors (Lipinski definition) is 5. The van der Waals surface area contributed by atoms with Gasteiger partial charge in [0.25, 0.3) is 0 Å². The first-order valence-electron chi connectivity index (χ1n) is 6.42. The maximum absolute atomic E-state index is 9.95. The summed E-state index contributed by atoms with van der Waals surface area (Å²) in [5, 5.41) is 28.8. The van der Waals surface area contributed by atoms with Crippen molar-refractivity contribution in [2.24, 2.45) is 0 Å². The Bertz CT molecular complexity index is 424. The van der Waals surface area contributed by atoms with Gasteiger partial charge in [-0.15, -0.1) is 0 Å². The summed E-state index contributed by atoms with van der Waals surface area (Å²) in [6.45, 7) is -0.288. The molecule has 19 heavy (non-hydrogen) atoms. The third-order valence-corrected chi connectivity index (χ3v) is 3.54. The molecule has 1 aromatic carbocycles. The fourth-order valence-corrected chi connectivity index (χ4v) is 2.48. The van der Waals surface area contributed by atoms with E-state index in [2.05, 4.69) is 0 Å². The number of rotatable bonds is 4. The van der Waals surface area contributed by atoms with E-state index >= 15 is 0 Å². The van der Waals surface area contributed by atoms with Gasteiger partial charge in [-0.2, -0.15) is 0 Å². The van der Waals surface area contributed by atoms with Gasteiger partial charge in [0.2, 0.25) is 0 Å². The fourth-order valence-electron chi connectivity index (χ4n) is 2.48. The highest BCUT2D eigenvalue weighted by Crippen LogP contribution is 2.27. The van der Waals surface area contributed by atoms with E-state index in [0.29, 0.717) is 6.42 Å². The van der Waals surface area contributed by atoms with E-state index in [-0.39, 0.29) is 6.61 Å². The van der Waals surface area contributed by atoms with Crippen LogP contribution in [0.1, 0.15) is 5.56 Å². The summed E-state index contributed by atoms with van der Waals surface area (Å²) in [6, 6.07) is 7.86. The molecule has 0 saturated carbocycles. The van der Waals surface area contributed by atoms with Crippen molar-refractivity contribution in [3.05, 3.63) is 29.8 Å². The summed E-state index contributed by atoms with van der Waals surface area (Å²) in [5.74, 6) is 0. The van der Waals surface area contributed by atoms with E-state index in [1.165, 1.54) is 0 Å². The lowest BCUT2D eigenvalue weighted by Crippen LogP contribution is -2.34. The molecule has 0 spiro atoms. The van der Waals surface area contributed by atoms with Crippen molar-refractivity contribution in [2.75, 3.05) is 25.6 Å². The number of hydrogen-bond donors (Lipinski definition) is 3. The molecule has 2 rings (SSSR count). The first-order chi connectivity index (χ1) is 9.04. The third-order valence-electron chi connectivity index (χ3n) is 3.54. The molecule has 0 bridgehead atoms. The molecule has 106 valence electrons. The number of para-hydroxylation sites is 1. The van der Waals surface area contributed by atoms with Crippen LogP contribution in [0, 0.1) is 0 Å². The molecule has 5 nitrogen and oxygen atoms in total. The summed E-state index contributed by atoms with van der Waals surface area (Å²) >= 11 is 0. The van der Waals surface area contributed by atoms with Gasteiger partial charge in [-0.1, -0.05) is 18.2 Å². The van der Waals surface area contributed by atoms with Gasteiger partial charge in [0, 0.05) is 26.2 Å². The van der Waals surface area contributed by atoms with Gasteiger partial charge < -0.3 is 25.0 Å². The van der Waals surface area contributed by atoms with Gasteiger partial charge in [-0.3, -0.25) is 0 Å². The Morgan fingerprint density at radius 1 is 1.11 bits per heavy atom. The van der Waals surface area contributed by atoms with Gasteiger partial charge in [0.15, 0.2) is 0 Å². The van der Waals surface area contributed by atoms with Crippen molar-refractivity contribution in [1.29, 1.82) is 0 Å². The average molecular weight is 267 g/mol. The summed E-state index contributed by atoms with van der Waals surface area (Å²) in [5.41, 5.74) is 2.10. The number of aliphatic hydroxyl groups is 3. The third kappa shape index (κ3) is 2.90. The second kappa shape index (κ2) is 5.88. The average Bonchev–Trinajstić information content (AvgIpc) is 2.67. The highest BCUT2D eigenvalue weighted by atomic mass is 16.6. The molecule has 1 heterocycles. The molecular formula is C14H21NO4. The van der Waals surface area contributed by atoms with Crippen LogP contribution in [0.5, 0.6) is 0 Å². The molecule has 1 aromatic rings. The van der Waals surface area contributed by atoms with Crippen LogP contribution in [-0.2, 0) is 11.2 Å². The highest BCUT2D eigenvalue weighted by Gasteiger charge is 2.42. The molecule has 3 N–H and O–H groups in total. The van der Waals surface area contributed by atoms with Crippen molar-refractivity contribution in [2.45, 2.75) is 30.8 Å². The topological polar surface area (TPSA) is 73.2 Å². The number of ether oxygens (including phenoxy) is 1. The van der Waals surface area contributed by atoms with Crippen LogP contribution in [0.25, 0.3) is 0 Å². The Morgan fingerprint density at radius 3 is 2.32 bits per heavy atom. The maximum atomic E-state index is 9.95. The van der Waals surface area contributed by atoms with Crippen LogP contribution < -0.4 is 4.90 Å². The Hall–Kier alpha value is -1.14. The summed E-state index contributed by atoms with van der Waals surface area (Å²) in [7, 11) is 3.91. The molecule has 1 aliphatic heterocycles. The number of benzene rings is 1. The second-order valence-corrected chi connectivity index (χ2v) is 5.10. The van der Waals surface area contributed by atoms with Crippen molar-refractivity contribution in [1.82, 2.24) is 0 Å². The summed E-state index contributed by atoms with van der Waals surface area (Å²) in [4.78, 5) is 2.00. The zero-order chi connectivity index (χ0) is 14.0. The Labute approximate surface area is 113 Å². The lowest BCUT2D eigenvalue weighted by atomic mass is 10.00. The molecule has 0 unspecified atom stereocenters. The van der Waals surface area contributed by atoms with Crippen LogP contribution in [0.3, 0.4) is 0 Å². The maximum Gasteiger partial charge on any atom is 0.111 e. The number of nitrogens with zero attached hydrogens (tertiary/aromatic N) is 1. The van der Waals surface area contributed by atoms with Gasteiger partial charge in [-0.05, 0) is 11.6 Å². The molecule has 0 radical (unpaired) electrons. The SMILES string of the molecule is CN(C)c1ccccc1C[C@@H]1O[C@H](CO)[C@@H](O)[C@H]1O. The summed E-state index contributed by atoms with van der Waals surface area (Å²) < 4.78 is 5.51. The van der Waals surface area contributed by atoms with E-state index in [0.717, 1.165) is 11.3 Å². The first-order valence-corrected chi connectivity index (χ1v) is 6.42. The second-order valence-electron chi connectivity index (χ2n) is 5.10. The van der Waals surface area contributed by atoms with Crippen molar-refractivity contribution < 1.29 is 20.1 Å². The van der Waals surface area contributed by atoms with Gasteiger partial charge in [0.05, 0.1) is 12.7 Å². The minimum atomic E-state index is -1.03. The predicted molar refractivity (Wildman–Crippen MR) is 72.2 cm³/mol. The van der Waals surface area contributed by atoms with Crippen LogP contribution >= 0.6 is 0 Å². The van der Waals surface area contributed by atoms with Crippen LogP contribution in [-0.4, -0.2) is 60.4 Å². The van der Waals surface area contributed by atoms with E-state index in [1.807, 2.05) is 43.3 Å². The minimum absolute atomic E-state index is 0.288. The number of anilines is 1. The van der Waals surface area contributed by atoms with E-state index < -0.39 is 24.4 Å². The molecule has 1 fully saturated rings. The smallest absolute Gasteiger partial charge is 0.111 e.